The Morgan fingerprint density at radius 1 is 1.16 bits per heavy atom. The Kier molecular flexibility index (Phi) is 6.91. The molecule has 5 nitrogen and oxygen atoms in total. The fourth-order valence-corrected chi connectivity index (χ4v) is 4.56. The zero-order chi connectivity index (χ0) is 21.6. The Bertz CT molecular complexity index is 1100. The summed E-state index contributed by atoms with van der Waals surface area (Å²) in [7, 11) is 1.61. The van der Waals surface area contributed by atoms with Gasteiger partial charge in [-0.25, -0.2) is 0 Å². The van der Waals surface area contributed by atoms with Crippen molar-refractivity contribution in [1.29, 1.82) is 5.26 Å². The molecule has 0 saturated heterocycles. The van der Waals surface area contributed by atoms with Crippen molar-refractivity contribution in [3.8, 4) is 11.8 Å². The number of methoxy groups -OCH3 is 1. The molecule has 0 aliphatic heterocycles. The molecule has 1 saturated carbocycles. The smallest absolute Gasteiger partial charge is 0.137 e. The monoisotopic (exact) mass is 434 g/mol. The molecule has 1 aliphatic carbocycles. The zero-order valence-electron chi connectivity index (χ0n) is 17.7. The van der Waals surface area contributed by atoms with Gasteiger partial charge in [0, 0.05) is 35.9 Å². The average Bonchev–Trinajstić information content (AvgIpc) is 3.31. The van der Waals surface area contributed by atoms with Crippen LogP contribution in [-0.4, -0.2) is 18.6 Å². The predicted octanol–water partition coefficient (Wildman–Crippen LogP) is 5.66. The maximum absolute atomic E-state index is 9.38. The van der Waals surface area contributed by atoms with Crippen molar-refractivity contribution in [2.24, 2.45) is 5.92 Å². The van der Waals surface area contributed by atoms with Crippen LogP contribution in [0.25, 0.3) is 10.9 Å². The molecule has 31 heavy (non-hydrogen) atoms. The second-order valence-corrected chi connectivity index (χ2v) is 8.51. The summed E-state index contributed by atoms with van der Waals surface area (Å²) >= 11 is 6.30. The maximum atomic E-state index is 9.38. The van der Waals surface area contributed by atoms with Crippen molar-refractivity contribution in [3.63, 3.8) is 0 Å². The van der Waals surface area contributed by atoms with Crippen LogP contribution in [0.5, 0.6) is 5.75 Å². The SMILES string of the molecule is COc1ccc(CNc2c(CNCC3CCCC3)cnc3ccc(C#N)cc23)cc1Cl. The van der Waals surface area contributed by atoms with Crippen molar-refractivity contribution in [2.45, 2.75) is 38.8 Å². The number of hydrogen-bond donors (Lipinski definition) is 2. The second-order valence-electron chi connectivity index (χ2n) is 8.11. The Morgan fingerprint density at radius 3 is 2.74 bits per heavy atom. The van der Waals surface area contributed by atoms with Crippen LogP contribution in [-0.2, 0) is 13.1 Å². The molecule has 2 aromatic carbocycles. The summed E-state index contributed by atoms with van der Waals surface area (Å²) in [6.45, 7) is 2.38. The van der Waals surface area contributed by atoms with Gasteiger partial charge in [-0.15, -0.1) is 0 Å². The van der Waals surface area contributed by atoms with Gasteiger partial charge in [0.25, 0.3) is 0 Å². The number of nitrogens with zero attached hydrogens (tertiary/aromatic N) is 2. The quantitative estimate of drug-likeness (QED) is 0.478. The minimum atomic E-state index is 0.589. The fraction of sp³-hybridized carbons (Fsp3) is 0.360. The first-order valence-corrected chi connectivity index (χ1v) is 11.1. The summed E-state index contributed by atoms with van der Waals surface area (Å²) in [5.74, 6) is 1.44. The minimum absolute atomic E-state index is 0.589. The van der Waals surface area contributed by atoms with E-state index in [1.807, 2.05) is 36.5 Å². The number of anilines is 1. The third kappa shape index (κ3) is 5.10. The van der Waals surface area contributed by atoms with Crippen molar-refractivity contribution < 1.29 is 4.74 Å². The van der Waals surface area contributed by atoms with Gasteiger partial charge < -0.3 is 15.4 Å². The van der Waals surface area contributed by atoms with Crippen LogP contribution in [0.3, 0.4) is 0 Å². The van der Waals surface area contributed by atoms with Crippen molar-refractivity contribution in [1.82, 2.24) is 10.3 Å². The Hall–Kier alpha value is -2.81. The molecule has 6 heteroatoms. The van der Waals surface area contributed by atoms with E-state index >= 15 is 0 Å². The molecular weight excluding hydrogens is 408 g/mol. The van der Waals surface area contributed by atoms with Crippen LogP contribution in [0.4, 0.5) is 5.69 Å². The molecule has 0 radical (unpaired) electrons. The summed E-state index contributed by atoms with van der Waals surface area (Å²) < 4.78 is 5.25. The van der Waals surface area contributed by atoms with E-state index in [2.05, 4.69) is 21.7 Å². The molecule has 1 heterocycles. The van der Waals surface area contributed by atoms with E-state index in [1.165, 1.54) is 25.7 Å². The van der Waals surface area contributed by atoms with Gasteiger partial charge in [0.05, 0.1) is 29.3 Å². The highest BCUT2D eigenvalue weighted by molar-refractivity contribution is 6.32. The first-order chi connectivity index (χ1) is 15.2. The normalized spacial score (nSPS) is 14.0. The molecule has 1 fully saturated rings. The van der Waals surface area contributed by atoms with Gasteiger partial charge in [-0.1, -0.05) is 30.5 Å². The zero-order valence-corrected chi connectivity index (χ0v) is 18.5. The van der Waals surface area contributed by atoms with E-state index in [1.54, 1.807) is 13.2 Å². The lowest BCUT2D eigenvalue weighted by atomic mass is 10.1. The average molecular weight is 435 g/mol. The lowest BCUT2D eigenvalue weighted by Crippen LogP contribution is -2.21. The fourth-order valence-electron chi connectivity index (χ4n) is 4.28. The van der Waals surface area contributed by atoms with E-state index in [-0.39, 0.29) is 0 Å². The number of aromatic nitrogens is 1. The highest BCUT2D eigenvalue weighted by Gasteiger charge is 2.15. The van der Waals surface area contributed by atoms with Crippen LogP contribution in [0.15, 0.2) is 42.6 Å². The predicted molar refractivity (Wildman–Crippen MR) is 125 cm³/mol. The number of benzene rings is 2. The van der Waals surface area contributed by atoms with Crippen LogP contribution in [0.1, 0.15) is 42.4 Å². The number of rotatable bonds is 8. The molecular formula is C25H27ClN4O. The highest BCUT2D eigenvalue weighted by Crippen LogP contribution is 2.30. The number of halogens is 1. The molecule has 0 bridgehead atoms. The summed E-state index contributed by atoms with van der Waals surface area (Å²) in [5, 5.41) is 18.1. The van der Waals surface area contributed by atoms with Crippen molar-refractivity contribution in [2.75, 3.05) is 19.0 Å². The minimum Gasteiger partial charge on any atom is -0.495 e. The first-order valence-electron chi connectivity index (χ1n) is 10.8. The number of pyridine rings is 1. The summed E-state index contributed by atoms with van der Waals surface area (Å²) in [6, 6.07) is 13.6. The van der Waals surface area contributed by atoms with Gasteiger partial charge in [0.2, 0.25) is 0 Å². The molecule has 0 unspecified atom stereocenters. The number of ether oxygens (including phenoxy) is 1. The molecule has 0 spiro atoms. The van der Waals surface area contributed by atoms with Crippen LogP contribution < -0.4 is 15.4 Å². The molecule has 4 rings (SSSR count). The summed E-state index contributed by atoms with van der Waals surface area (Å²) in [5.41, 5.74) is 4.65. The molecule has 1 aliphatic rings. The van der Waals surface area contributed by atoms with E-state index in [9.17, 15) is 5.26 Å². The molecule has 0 atom stereocenters. The van der Waals surface area contributed by atoms with E-state index in [4.69, 9.17) is 16.3 Å². The molecule has 2 N–H and O–H groups in total. The highest BCUT2D eigenvalue weighted by atomic mass is 35.5. The second kappa shape index (κ2) is 10.00. The Labute approximate surface area is 188 Å². The van der Waals surface area contributed by atoms with Crippen LogP contribution in [0.2, 0.25) is 5.02 Å². The summed E-state index contributed by atoms with van der Waals surface area (Å²) in [4.78, 5) is 4.63. The van der Waals surface area contributed by atoms with Gasteiger partial charge >= 0.3 is 0 Å². The standard InChI is InChI=1S/C25H27ClN4O/c1-31-24-9-7-19(11-22(24)26)14-30-25-20(15-28-13-17-4-2-3-5-17)16-29-23-8-6-18(12-27)10-21(23)25/h6-11,16-17,28H,2-5,13-15H2,1H3,(H,29,30). The molecule has 0 amide bonds. The van der Waals surface area contributed by atoms with Gasteiger partial charge in [-0.05, 0) is 61.2 Å². The van der Waals surface area contributed by atoms with Crippen molar-refractivity contribution >= 4 is 28.2 Å². The van der Waals surface area contributed by atoms with Crippen molar-refractivity contribution in [3.05, 3.63) is 64.3 Å². The third-order valence-electron chi connectivity index (χ3n) is 5.98. The topological polar surface area (TPSA) is 70.0 Å². The third-order valence-corrected chi connectivity index (χ3v) is 6.28. The van der Waals surface area contributed by atoms with Gasteiger partial charge in [0.1, 0.15) is 5.75 Å². The lowest BCUT2D eigenvalue weighted by Gasteiger charge is -2.17. The van der Waals surface area contributed by atoms with Gasteiger partial charge in [-0.3, -0.25) is 4.98 Å². The maximum Gasteiger partial charge on any atom is 0.137 e. The van der Waals surface area contributed by atoms with Gasteiger partial charge in [-0.2, -0.15) is 5.26 Å². The number of nitrogens with one attached hydrogen (secondary N) is 2. The Morgan fingerprint density at radius 2 is 2.00 bits per heavy atom. The van der Waals surface area contributed by atoms with Gasteiger partial charge in [0.15, 0.2) is 0 Å². The molecule has 3 aromatic rings. The van der Waals surface area contributed by atoms with Crippen LogP contribution >= 0.6 is 11.6 Å². The van der Waals surface area contributed by atoms with E-state index < -0.39 is 0 Å². The first kappa shape index (κ1) is 21.4. The number of fused-ring (bicyclic) bond motifs is 1. The molecule has 160 valence electrons. The van der Waals surface area contributed by atoms with Crippen LogP contribution in [0, 0.1) is 17.2 Å². The van der Waals surface area contributed by atoms with E-state index in [0.29, 0.717) is 22.9 Å². The number of nitriles is 1. The largest absolute Gasteiger partial charge is 0.495 e. The lowest BCUT2D eigenvalue weighted by molar-refractivity contribution is 0.415. The number of hydrogen-bond acceptors (Lipinski definition) is 5. The molecule has 1 aromatic heterocycles. The summed E-state index contributed by atoms with van der Waals surface area (Å²) in [6.07, 6.45) is 7.26. The Balaban J connectivity index is 1.59. The van der Waals surface area contributed by atoms with E-state index in [0.717, 1.165) is 46.7 Å².